The van der Waals surface area contributed by atoms with Crippen LogP contribution in [0.25, 0.3) is 0 Å². The number of fused-ring (bicyclic) bond motifs is 4. The molecule has 34 heavy (non-hydrogen) atoms. The SMILES string of the molecule is CCCCOc1c2c(c(OCCCC)c3c1CC1C(=O)OC(=O)C1C3)CC1C(=O)OC(=O)C1C2. The molecule has 2 fully saturated rings. The van der Waals surface area contributed by atoms with Gasteiger partial charge in [-0.15, -0.1) is 0 Å². The molecule has 0 spiro atoms. The summed E-state index contributed by atoms with van der Waals surface area (Å²) in [6, 6.07) is 0. The van der Waals surface area contributed by atoms with E-state index in [1.54, 1.807) is 0 Å². The van der Waals surface area contributed by atoms with Gasteiger partial charge < -0.3 is 18.9 Å². The van der Waals surface area contributed by atoms with Crippen LogP contribution in [0.3, 0.4) is 0 Å². The Morgan fingerprint density at radius 2 is 0.882 bits per heavy atom. The van der Waals surface area contributed by atoms with Gasteiger partial charge in [-0.1, -0.05) is 26.7 Å². The second-order valence-corrected chi connectivity index (χ2v) is 9.70. The first kappa shape index (κ1) is 22.9. The fraction of sp³-hybridized carbons (Fsp3) is 0.615. The molecule has 0 amide bonds. The van der Waals surface area contributed by atoms with E-state index < -0.39 is 47.5 Å². The molecule has 1 aromatic carbocycles. The summed E-state index contributed by atoms with van der Waals surface area (Å²) in [6.45, 7) is 5.16. The van der Waals surface area contributed by atoms with Crippen LogP contribution in [0.15, 0.2) is 0 Å². The summed E-state index contributed by atoms with van der Waals surface area (Å²) in [4.78, 5) is 49.6. The van der Waals surface area contributed by atoms with Crippen molar-refractivity contribution in [2.75, 3.05) is 13.2 Å². The van der Waals surface area contributed by atoms with E-state index in [9.17, 15) is 19.2 Å². The van der Waals surface area contributed by atoms with Crippen LogP contribution in [-0.2, 0) is 54.3 Å². The number of carbonyl (C=O) groups excluding carboxylic acids is 4. The first-order chi connectivity index (χ1) is 16.4. The highest BCUT2D eigenvalue weighted by Gasteiger charge is 2.52. The number of ether oxygens (including phenoxy) is 4. The van der Waals surface area contributed by atoms with Crippen molar-refractivity contribution in [1.82, 2.24) is 0 Å². The van der Waals surface area contributed by atoms with Crippen LogP contribution in [0.1, 0.15) is 61.8 Å². The first-order valence-electron chi connectivity index (χ1n) is 12.4. The summed E-state index contributed by atoms with van der Waals surface area (Å²) < 4.78 is 22.6. The molecule has 4 unspecified atom stereocenters. The van der Waals surface area contributed by atoms with Crippen molar-refractivity contribution in [3.63, 3.8) is 0 Å². The van der Waals surface area contributed by atoms with E-state index in [4.69, 9.17) is 18.9 Å². The molecular formula is C26H30O8. The Morgan fingerprint density at radius 1 is 0.588 bits per heavy atom. The topological polar surface area (TPSA) is 105 Å². The van der Waals surface area contributed by atoms with Crippen molar-refractivity contribution in [2.45, 2.75) is 65.2 Å². The Bertz CT molecular complexity index is 905. The lowest BCUT2D eigenvalue weighted by molar-refractivity contribution is -0.155. The number of benzene rings is 1. The molecule has 1 aromatic rings. The Balaban J connectivity index is 1.65. The summed E-state index contributed by atoms with van der Waals surface area (Å²) in [5.74, 6) is -2.75. The summed E-state index contributed by atoms with van der Waals surface area (Å²) in [5.41, 5.74) is 3.46. The summed E-state index contributed by atoms with van der Waals surface area (Å²) in [5, 5.41) is 0. The number of carbonyl (C=O) groups is 4. The van der Waals surface area contributed by atoms with Crippen molar-refractivity contribution in [3.8, 4) is 11.5 Å². The third kappa shape index (κ3) is 3.67. The second kappa shape index (κ2) is 9.04. The maximum atomic E-state index is 12.4. The largest absolute Gasteiger partial charge is 0.493 e. The zero-order chi connectivity index (χ0) is 24.0. The highest BCUT2D eigenvalue weighted by molar-refractivity contribution is 5.98. The quantitative estimate of drug-likeness (QED) is 0.324. The summed E-state index contributed by atoms with van der Waals surface area (Å²) >= 11 is 0. The van der Waals surface area contributed by atoms with Crippen LogP contribution in [0.4, 0.5) is 0 Å². The number of hydrogen-bond acceptors (Lipinski definition) is 8. The number of rotatable bonds is 8. The predicted octanol–water partition coefficient (Wildman–Crippen LogP) is 2.87. The van der Waals surface area contributed by atoms with Gasteiger partial charge >= 0.3 is 23.9 Å². The zero-order valence-corrected chi connectivity index (χ0v) is 19.6. The van der Waals surface area contributed by atoms with Gasteiger partial charge in [0.05, 0.1) is 36.9 Å². The molecule has 4 aliphatic rings. The number of cyclic esters (lactones) is 4. The van der Waals surface area contributed by atoms with Gasteiger partial charge in [-0.05, 0) is 38.5 Å². The van der Waals surface area contributed by atoms with Crippen LogP contribution in [0, 0.1) is 23.7 Å². The third-order valence-corrected chi connectivity index (χ3v) is 7.59. The number of hydrogen-bond donors (Lipinski definition) is 0. The Hall–Kier alpha value is -2.90. The molecule has 2 heterocycles. The molecule has 4 atom stereocenters. The van der Waals surface area contributed by atoms with E-state index in [-0.39, 0.29) is 0 Å². The van der Waals surface area contributed by atoms with E-state index >= 15 is 0 Å². The van der Waals surface area contributed by atoms with Crippen molar-refractivity contribution in [1.29, 1.82) is 0 Å². The van der Waals surface area contributed by atoms with Crippen LogP contribution >= 0.6 is 0 Å². The molecular weight excluding hydrogens is 440 g/mol. The zero-order valence-electron chi connectivity index (χ0n) is 19.6. The van der Waals surface area contributed by atoms with E-state index in [0.717, 1.165) is 47.9 Å². The van der Waals surface area contributed by atoms with Crippen LogP contribution < -0.4 is 9.47 Å². The second-order valence-electron chi connectivity index (χ2n) is 9.70. The lowest BCUT2D eigenvalue weighted by atomic mass is 9.70. The van der Waals surface area contributed by atoms with Gasteiger partial charge in [0.25, 0.3) is 0 Å². The van der Waals surface area contributed by atoms with Crippen molar-refractivity contribution in [3.05, 3.63) is 22.3 Å². The smallest absolute Gasteiger partial charge is 0.317 e. The standard InChI is InChI=1S/C26H30O8/c1-3-5-7-31-21-13-9-17-19(25(29)33-23(17)27)11-15(13)22(32-8-6-4-2)16-12-20-18(10-14(16)21)24(28)34-26(20)30/h17-20H,3-12H2,1-2H3. The minimum atomic E-state index is -0.538. The lowest BCUT2D eigenvalue weighted by Crippen LogP contribution is -2.33. The monoisotopic (exact) mass is 470 g/mol. The predicted molar refractivity (Wildman–Crippen MR) is 118 cm³/mol. The minimum absolute atomic E-state index is 0.334. The van der Waals surface area contributed by atoms with Gasteiger partial charge in [-0.25, -0.2) is 0 Å². The lowest BCUT2D eigenvalue weighted by Gasteiger charge is -2.34. The normalized spacial score (nSPS) is 26.9. The third-order valence-electron chi connectivity index (χ3n) is 7.59. The van der Waals surface area contributed by atoms with Crippen LogP contribution in [-0.4, -0.2) is 37.1 Å². The van der Waals surface area contributed by atoms with Gasteiger partial charge in [0, 0.05) is 22.3 Å². The molecule has 0 N–H and O–H groups in total. The minimum Gasteiger partial charge on any atom is -0.493 e. The van der Waals surface area contributed by atoms with Crippen LogP contribution in [0.5, 0.6) is 11.5 Å². The van der Waals surface area contributed by atoms with Crippen molar-refractivity contribution >= 4 is 23.9 Å². The number of unbranched alkanes of at least 4 members (excludes halogenated alkanes) is 2. The Morgan fingerprint density at radius 3 is 1.15 bits per heavy atom. The summed E-state index contributed by atoms with van der Waals surface area (Å²) in [6.07, 6.45) is 4.97. The Kier molecular flexibility index (Phi) is 6.08. The molecule has 8 heteroatoms. The highest BCUT2D eigenvalue weighted by atomic mass is 16.6. The maximum Gasteiger partial charge on any atom is 0.317 e. The van der Waals surface area contributed by atoms with E-state index in [0.29, 0.717) is 50.4 Å². The molecule has 0 bridgehead atoms. The molecule has 8 nitrogen and oxygen atoms in total. The van der Waals surface area contributed by atoms with E-state index in [1.807, 2.05) is 0 Å². The average molecular weight is 471 g/mol. The highest BCUT2D eigenvalue weighted by Crippen LogP contribution is 2.51. The van der Waals surface area contributed by atoms with E-state index in [2.05, 4.69) is 13.8 Å². The molecule has 0 aromatic heterocycles. The molecule has 2 saturated heterocycles. The first-order valence-corrected chi connectivity index (χ1v) is 12.4. The van der Waals surface area contributed by atoms with Gasteiger partial charge in [0.2, 0.25) is 0 Å². The molecule has 2 aliphatic heterocycles. The Labute approximate surface area is 198 Å². The molecule has 2 aliphatic carbocycles. The van der Waals surface area contributed by atoms with E-state index in [1.165, 1.54) is 0 Å². The van der Waals surface area contributed by atoms with Crippen molar-refractivity contribution < 1.29 is 38.1 Å². The van der Waals surface area contributed by atoms with Crippen LogP contribution in [0.2, 0.25) is 0 Å². The van der Waals surface area contributed by atoms with Gasteiger partial charge in [0.15, 0.2) is 0 Å². The van der Waals surface area contributed by atoms with Crippen molar-refractivity contribution in [2.24, 2.45) is 23.7 Å². The molecule has 182 valence electrons. The fourth-order valence-electron chi connectivity index (χ4n) is 5.70. The van der Waals surface area contributed by atoms with Gasteiger partial charge in [-0.2, -0.15) is 0 Å². The molecule has 0 radical (unpaired) electrons. The molecule has 5 rings (SSSR count). The average Bonchev–Trinajstić information content (AvgIpc) is 3.26. The summed E-state index contributed by atoms with van der Waals surface area (Å²) in [7, 11) is 0. The fourth-order valence-corrected chi connectivity index (χ4v) is 5.70. The molecule has 0 saturated carbocycles. The van der Waals surface area contributed by atoms with Gasteiger partial charge in [-0.3, -0.25) is 19.2 Å². The van der Waals surface area contributed by atoms with Gasteiger partial charge in [0.1, 0.15) is 11.5 Å². The maximum absolute atomic E-state index is 12.4. The number of esters is 4.